The fraction of sp³-hybridized carbons (Fsp3) is 0.267. The van der Waals surface area contributed by atoms with Gasteiger partial charge in [0, 0.05) is 24.9 Å². The van der Waals surface area contributed by atoms with Crippen LogP contribution in [0.2, 0.25) is 0 Å². The first-order valence-electron chi connectivity index (χ1n) is 6.14. The van der Waals surface area contributed by atoms with Crippen LogP contribution in [0.3, 0.4) is 0 Å². The highest BCUT2D eigenvalue weighted by molar-refractivity contribution is 5.36. The zero-order valence-electron chi connectivity index (χ0n) is 11.1. The number of likely N-dealkylation sites (N-methyl/N-ethyl adjacent to an activating group) is 1. The molecule has 0 spiro atoms. The Hall–Kier alpha value is -1.94. The SMILES string of the molecule is CNCC(c1ccncc1)c1ccc(OC)c(F)c1. The second-order valence-electron chi connectivity index (χ2n) is 4.28. The van der Waals surface area contributed by atoms with Crippen molar-refractivity contribution in [2.75, 3.05) is 20.7 Å². The fourth-order valence-electron chi connectivity index (χ4n) is 2.13. The van der Waals surface area contributed by atoms with E-state index in [1.165, 1.54) is 13.2 Å². The number of pyridine rings is 1. The molecule has 1 unspecified atom stereocenters. The summed E-state index contributed by atoms with van der Waals surface area (Å²) >= 11 is 0. The molecule has 0 bridgehead atoms. The molecule has 0 aliphatic carbocycles. The van der Waals surface area contributed by atoms with Crippen molar-refractivity contribution in [2.45, 2.75) is 5.92 Å². The van der Waals surface area contributed by atoms with Crippen LogP contribution >= 0.6 is 0 Å². The molecule has 3 nitrogen and oxygen atoms in total. The van der Waals surface area contributed by atoms with Crippen molar-refractivity contribution in [2.24, 2.45) is 0 Å². The third-order valence-corrected chi connectivity index (χ3v) is 3.09. The van der Waals surface area contributed by atoms with Gasteiger partial charge in [0.05, 0.1) is 7.11 Å². The maximum atomic E-state index is 13.8. The average molecular weight is 260 g/mol. The smallest absolute Gasteiger partial charge is 0.165 e. The number of benzene rings is 1. The highest BCUT2D eigenvalue weighted by Crippen LogP contribution is 2.27. The lowest BCUT2D eigenvalue weighted by Gasteiger charge is -2.18. The maximum absolute atomic E-state index is 13.8. The van der Waals surface area contributed by atoms with Crippen LogP contribution in [0.1, 0.15) is 17.0 Å². The predicted molar refractivity (Wildman–Crippen MR) is 73.0 cm³/mol. The van der Waals surface area contributed by atoms with Crippen LogP contribution in [0.4, 0.5) is 4.39 Å². The highest BCUT2D eigenvalue weighted by Gasteiger charge is 2.15. The number of aromatic nitrogens is 1. The largest absolute Gasteiger partial charge is 0.494 e. The second kappa shape index (κ2) is 6.29. The molecule has 1 aromatic heterocycles. The predicted octanol–water partition coefficient (Wildman–Crippen LogP) is 2.58. The first kappa shape index (κ1) is 13.5. The summed E-state index contributed by atoms with van der Waals surface area (Å²) in [5.41, 5.74) is 2.02. The quantitative estimate of drug-likeness (QED) is 0.897. The molecule has 1 aromatic carbocycles. The van der Waals surface area contributed by atoms with Crippen LogP contribution < -0.4 is 10.1 Å². The Balaban J connectivity index is 2.37. The summed E-state index contributed by atoms with van der Waals surface area (Å²) in [6.07, 6.45) is 3.50. The van der Waals surface area contributed by atoms with Gasteiger partial charge in [-0.2, -0.15) is 0 Å². The van der Waals surface area contributed by atoms with E-state index in [2.05, 4.69) is 10.3 Å². The van der Waals surface area contributed by atoms with Gasteiger partial charge in [-0.1, -0.05) is 6.07 Å². The Kier molecular flexibility index (Phi) is 4.47. The zero-order chi connectivity index (χ0) is 13.7. The molecule has 0 saturated carbocycles. The molecule has 2 aromatic rings. The van der Waals surface area contributed by atoms with Crippen LogP contribution in [-0.4, -0.2) is 25.7 Å². The van der Waals surface area contributed by atoms with E-state index in [9.17, 15) is 4.39 Å². The lowest BCUT2D eigenvalue weighted by atomic mass is 9.92. The summed E-state index contributed by atoms with van der Waals surface area (Å²) < 4.78 is 18.8. The molecule has 1 N–H and O–H groups in total. The second-order valence-corrected chi connectivity index (χ2v) is 4.28. The molecular weight excluding hydrogens is 243 g/mol. The van der Waals surface area contributed by atoms with E-state index in [0.29, 0.717) is 0 Å². The Bertz CT molecular complexity index is 531. The van der Waals surface area contributed by atoms with Crippen molar-refractivity contribution in [3.63, 3.8) is 0 Å². The zero-order valence-corrected chi connectivity index (χ0v) is 11.1. The van der Waals surface area contributed by atoms with E-state index >= 15 is 0 Å². The first-order valence-corrected chi connectivity index (χ1v) is 6.14. The van der Waals surface area contributed by atoms with E-state index in [-0.39, 0.29) is 17.5 Å². The van der Waals surface area contributed by atoms with Gasteiger partial charge in [-0.3, -0.25) is 4.98 Å². The van der Waals surface area contributed by atoms with Gasteiger partial charge >= 0.3 is 0 Å². The van der Waals surface area contributed by atoms with Gasteiger partial charge in [0.15, 0.2) is 11.6 Å². The number of hydrogen-bond donors (Lipinski definition) is 1. The summed E-state index contributed by atoms with van der Waals surface area (Å²) in [6.45, 7) is 0.732. The summed E-state index contributed by atoms with van der Waals surface area (Å²) in [4.78, 5) is 4.01. The molecule has 0 amide bonds. The number of halogens is 1. The van der Waals surface area contributed by atoms with Gasteiger partial charge in [0.25, 0.3) is 0 Å². The average Bonchev–Trinajstić information content (AvgIpc) is 2.45. The maximum Gasteiger partial charge on any atom is 0.165 e. The van der Waals surface area contributed by atoms with Crippen molar-refractivity contribution in [1.29, 1.82) is 0 Å². The molecule has 19 heavy (non-hydrogen) atoms. The molecule has 0 fully saturated rings. The van der Waals surface area contributed by atoms with E-state index in [1.807, 2.05) is 25.2 Å². The van der Waals surface area contributed by atoms with Crippen molar-refractivity contribution < 1.29 is 9.13 Å². The number of nitrogens with zero attached hydrogens (tertiary/aromatic N) is 1. The van der Waals surface area contributed by atoms with Crippen molar-refractivity contribution in [3.05, 3.63) is 59.7 Å². The van der Waals surface area contributed by atoms with E-state index < -0.39 is 0 Å². The lowest BCUT2D eigenvalue weighted by molar-refractivity contribution is 0.386. The van der Waals surface area contributed by atoms with Gasteiger partial charge in [0.2, 0.25) is 0 Å². The van der Waals surface area contributed by atoms with Crippen LogP contribution in [0.25, 0.3) is 0 Å². The molecule has 100 valence electrons. The monoisotopic (exact) mass is 260 g/mol. The van der Waals surface area contributed by atoms with Gasteiger partial charge < -0.3 is 10.1 Å². The molecule has 0 saturated heterocycles. The number of nitrogens with one attached hydrogen (secondary N) is 1. The fourth-order valence-corrected chi connectivity index (χ4v) is 2.13. The summed E-state index contributed by atoms with van der Waals surface area (Å²) in [6, 6.07) is 8.98. The molecule has 2 rings (SSSR count). The first-order chi connectivity index (χ1) is 9.26. The normalized spacial score (nSPS) is 12.2. The topological polar surface area (TPSA) is 34.2 Å². The molecule has 4 heteroatoms. The lowest BCUT2D eigenvalue weighted by Crippen LogP contribution is -2.18. The van der Waals surface area contributed by atoms with Crippen LogP contribution in [0.15, 0.2) is 42.7 Å². The Labute approximate surface area is 112 Å². The van der Waals surface area contributed by atoms with Crippen molar-refractivity contribution in [3.8, 4) is 5.75 Å². The van der Waals surface area contributed by atoms with E-state index in [0.717, 1.165) is 17.7 Å². The Morgan fingerprint density at radius 3 is 2.53 bits per heavy atom. The minimum atomic E-state index is -0.338. The van der Waals surface area contributed by atoms with E-state index in [4.69, 9.17) is 4.74 Å². The summed E-state index contributed by atoms with van der Waals surface area (Å²) in [5.74, 6) is 0.0188. The van der Waals surface area contributed by atoms with Crippen LogP contribution in [0, 0.1) is 5.82 Å². The molecule has 1 atom stereocenters. The number of methoxy groups -OCH3 is 1. The highest BCUT2D eigenvalue weighted by atomic mass is 19.1. The van der Waals surface area contributed by atoms with Crippen molar-refractivity contribution in [1.82, 2.24) is 10.3 Å². The molecular formula is C15H17FN2O. The Morgan fingerprint density at radius 1 is 1.21 bits per heavy atom. The van der Waals surface area contributed by atoms with E-state index in [1.54, 1.807) is 18.5 Å². The van der Waals surface area contributed by atoms with Crippen LogP contribution in [-0.2, 0) is 0 Å². The number of rotatable bonds is 5. The third kappa shape index (κ3) is 3.09. The number of hydrogen-bond acceptors (Lipinski definition) is 3. The molecule has 1 heterocycles. The van der Waals surface area contributed by atoms with Crippen molar-refractivity contribution >= 4 is 0 Å². The van der Waals surface area contributed by atoms with Gasteiger partial charge in [-0.25, -0.2) is 4.39 Å². The van der Waals surface area contributed by atoms with Gasteiger partial charge in [-0.05, 0) is 42.4 Å². The Morgan fingerprint density at radius 2 is 1.95 bits per heavy atom. The van der Waals surface area contributed by atoms with Gasteiger partial charge in [-0.15, -0.1) is 0 Å². The molecule has 0 aliphatic heterocycles. The molecule has 0 radical (unpaired) electrons. The summed E-state index contributed by atoms with van der Waals surface area (Å²) in [7, 11) is 3.35. The van der Waals surface area contributed by atoms with Crippen LogP contribution in [0.5, 0.6) is 5.75 Å². The van der Waals surface area contributed by atoms with Gasteiger partial charge in [0.1, 0.15) is 0 Å². The third-order valence-electron chi connectivity index (χ3n) is 3.09. The summed E-state index contributed by atoms with van der Waals surface area (Å²) in [5, 5.41) is 3.14. The number of ether oxygens (including phenoxy) is 1. The molecule has 0 aliphatic rings. The minimum absolute atomic E-state index is 0.0911. The standard InChI is InChI=1S/C15H17FN2O/c1-17-10-13(11-5-7-18-8-6-11)12-3-4-15(19-2)14(16)9-12/h3-9,13,17H,10H2,1-2H3. The minimum Gasteiger partial charge on any atom is -0.494 e.